The van der Waals surface area contributed by atoms with Crippen LogP contribution in [0.25, 0.3) is 0 Å². The van der Waals surface area contributed by atoms with Crippen molar-refractivity contribution in [1.29, 1.82) is 0 Å². The number of halogens is 6. The van der Waals surface area contributed by atoms with E-state index in [0.29, 0.717) is 64.7 Å². The number of ketones is 4. The van der Waals surface area contributed by atoms with Crippen LogP contribution in [0.1, 0.15) is 184 Å². The largest absolute Gasteiger partial charge is 0.481 e. The Bertz CT molecular complexity index is 1460. The molecule has 326 valence electrons. The molecule has 0 aromatic carbocycles. The summed E-state index contributed by atoms with van der Waals surface area (Å²) in [4.78, 5) is 58.3. The Hall–Kier alpha value is -3.31. The Kier molecular flexibility index (Phi) is 25.8. The number of alkyl halides is 6. The predicted octanol–water partition coefficient (Wildman–Crippen LogP) is 13.5. The van der Waals surface area contributed by atoms with Crippen LogP contribution in [0.15, 0.2) is 45.1 Å². The summed E-state index contributed by atoms with van der Waals surface area (Å²) in [6.45, 7) is 14.6. The molecule has 0 amide bonds. The highest BCUT2D eigenvalue weighted by atomic mass is 19.4. The summed E-state index contributed by atoms with van der Waals surface area (Å²) in [7, 11) is 0. The second kappa shape index (κ2) is 27.4. The van der Waals surface area contributed by atoms with Gasteiger partial charge in [-0.1, -0.05) is 105 Å². The molecule has 12 heteroatoms. The molecule has 0 aromatic rings. The summed E-state index contributed by atoms with van der Waals surface area (Å²) in [5.74, 6) is -0.586. The number of carboxylic acid groups (broad SMARTS) is 1. The van der Waals surface area contributed by atoms with Gasteiger partial charge in [0.2, 0.25) is 0 Å². The van der Waals surface area contributed by atoms with E-state index in [1.165, 1.54) is 6.08 Å². The lowest BCUT2D eigenvalue weighted by molar-refractivity contribution is -0.137. The summed E-state index contributed by atoms with van der Waals surface area (Å²) < 4.78 is 71.5. The lowest BCUT2D eigenvalue weighted by atomic mass is 9.79. The summed E-state index contributed by atoms with van der Waals surface area (Å²) in [6, 6.07) is 0. The van der Waals surface area contributed by atoms with Gasteiger partial charge >= 0.3 is 18.3 Å². The van der Waals surface area contributed by atoms with Crippen LogP contribution in [0.2, 0.25) is 0 Å². The van der Waals surface area contributed by atoms with E-state index in [2.05, 4.69) is 0 Å². The highest BCUT2D eigenvalue weighted by Crippen LogP contribution is 2.32. The SMILES string of the molecule is CC1=C(C)C(=O)C(C(C)C)=C(CCCCCCCCCCC(F)(F)F)C1=O.CC1=C(C)C(=O)C(C(C)C)=CC1=O.O=C(O)CCCCCCCCCCC(F)(F)F. The maximum absolute atomic E-state index is 12.6. The van der Waals surface area contributed by atoms with Gasteiger partial charge in [0, 0.05) is 58.3 Å². The number of hydrogen-bond acceptors (Lipinski definition) is 5. The number of rotatable bonds is 22. The van der Waals surface area contributed by atoms with E-state index < -0.39 is 31.2 Å². The topological polar surface area (TPSA) is 106 Å². The van der Waals surface area contributed by atoms with Crippen LogP contribution in [0.4, 0.5) is 26.3 Å². The van der Waals surface area contributed by atoms with Gasteiger partial charge < -0.3 is 5.11 Å². The summed E-state index contributed by atoms with van der Waals surface area (Å²) in [5.41, 5.74) is 4.30. The molecule has 0 aliphatic heterocycles. The van der Waals surface area contributed by atoms with Crippen molar-refractivity contribution in [3.8, 4) is 0 Å². The number of carboxylic acids is 1. The first-order chi connectivity index (χ1) is 26.4. The van der Waals surface area contributed by atoms with Crippen molar-refractivity contribution < 1.29 is 55.4 Å². The molecule has 57 heavy (non-hydrogen) atoms. The minimum Gasteiger partial charge on any atom is -0.481 e. The van der Waals surface area contributed by atoms with Gasteiger partial charge in [0.15, 0.2) is 23.1 Å². The molecule has 1 N–H and O–H groups in total. The van der Waals surface area contributed by atoms with Gasteiger partial charge in [0.25, 0.3) is 0 Å². The van der Waals surface area contributed by atoms with Crippen LogP contribution < -0.4 is 0 Å². The third kappa shape index (κ3) is 23.0. The summed E-state index contributed by atoms with van der Waals surface area (Å²) in [5, 5.41) is 8.39. The first-order valence-corrected chi connectivity index (χ1v) is 20.8. The first kappa shape index (κ1) is 53.7. The fraction of sp³-hybridized carbons (Fsp3) is 0.711. The molecule has 0 unspecified atom stereocenters. The monoisotopic (exact) mass is 818 g/mol. The zero-order valence-corrected chi connectivity index (χ0v) is 35.6. The minimum atomic E-state index is -4.03. The standard InChI is InChI=1S/C22H33F3O2.C12H21F3O2.C11H14O2/c1-15(2)19-18(20(26)16(3)17(4)21(19)27)13-11-9-7-5-6-8-10-12-14-22(23,24)25;13-12(14,15)10-8-6-4-2-1-3-5-7-9-11(16)17;1-6(2)9-5-10(12)7(3)8(4)11(9)13/h15H,5-14H2,1-4H3;1-10H2,(H,16,17);5-6H,1-4H3. The molecule has 0 spiro atoms. The molecule has 0 fully saturated rings. The van der Waals surface area contributed by atoms with Crippen molar-refractivity contribution in [2.45, 2.75) is 196 Å². The fourth-order valence-electron chi connectivity index (χ4n) is 6.55. The molecule has 0 saturated heterocycles. The summed E-state index contributed by atoms with van der Waals surface area (Å²) in [6.07, 6.45) is 5.63. The quantitative estimate of drug-likeness (QED) is 0.0662. The van der Waals surface area contributed by atoms with Crippen molar-refractivity contribution in [2.24, 2.45) is 11.8 Å². The van der Waals surface area contributed by atoms with E-state index in [4.69, 9.17) is 5.11 Å². The third-order valence-corrected chi connectivity index (χ3v) is 10.3. The molecule has 2 aliphatic carbocycles. The average Bonchev–Trinajstić information content (AvgIpc) is 3.10. The third-order valence-electron chi connectivity index (χ3n) is 10.3. The molecule has 0 bridgehead atoms. The van der Waals surface area contributed by atoms with Gasteiger partial charge in [-0.3, -0.25) is 24.0 Å². The normalized spacial score (nSPS) is 15.3. The Morgan fingerprint density at radius 3 is 1.28 bits per heavy atom. The van der Waals surface area contributed by atoms with Gasteiger partial charge in [-0.05, 0) is 77.7 Å². The van der Waals surface area contributed by atoms with Crippen molar-refractivity contribution in [2.75, 3.05) is 0 Å². The Morgan fingerprint density at radius 1 is 0.526 bits per heavy atom. The lowest BCUT2D eigenvalue weighted by Gasteiger charge is -2.23. The molecule has 0 atom stereocenters. The van der Waals surface area contributed by atoms with Gasteiger partial charge in [-0.2, -0.15) is 26.3 Å². The van der Waals surface area contributed by atoms with E-state index in [9.17, 15) is 50.3 Å². The molecule has 0 aromatic heterocycles. The number of aliphatic carboxylic acids is 1. The van der Waals surface area contributed by atoms with Crippen molar-refractivity contribution >= 4 is 29.1 Å². The number of unbranched alkanes of at least 4 members (excludes halogenated alkanes) is 14. The van der Waals surface area contributed by atoms with Crippen molar-refractivity contribution in [1.82, 2.24) is 0 Å². The van der Waals surface area contributed by atoms with Crippen LogP contribution in [0.3, 0.4) is 0 Å². The van der Waals surface area contributed by atoms with Gasteiger partial charge in [-0.25, -0.2) is 0 Å². The van der Waals surface area contributed by atoms with Crippen LogP contribution in [0.5, 0.6) is 0 Å². The van der Waals surface area contributed by atoms with E-state index in [0.717, 1.165) is 70.6 Å². The van der Waals surface area contributed by atoms with Crippen LogP contribution in [-0.2, 0) is 24.0 Å². The van der Waals surface area contributed by atoms with Crippen molar-refractivity contribution in [3.63, 3.8) is 0 Å². The van der Waals surface area contributed by atoms with E-state index in [1.807, 2.05) is 27.7 Å². The fourth-order valence-corrected chi connectivity index (χ4v) is 6.55. The molecule has 2 aliphatic rings. The van der Waals surface area contributed by atoms with E-state index in [1.54, 1.807) is 27.7 Å². The molecule has 0 saturated carbocycles. The second-order valence-corrected chi connectivity index (χ2v) is 15.9. The number of hydrogen-bond donors (Lipinski definition) is 1. The van der Waals surface area contributed by atoms with Gasteiger partial charge in [0.05, 0.1) is 0 Å². The number of Topliss-reactive ketones (excluding diaryl/α,β-unsaturated/α-hetero) is 3. The molecule has 0 radical (unpaired) electrons. The molecular weight excluding hydrogens is 750 g/mol. The lowest BCUT2D eigenvalue weighted by Crippen LogP contribution is -2.24. The summed E-state index contributed by atoms with van der Waals surface area (Å²) >= 11 is 0. The number of carbonyl (C=O) groups excluding carboxylic acids is 4. The maximum atomic E-state index is 12.6. The average molecular weight is 819 g/mol. The number of allylic oxidation sites excluding steroid dienone is 8. The Morgan fingerprint density at radius 2 is 0.895 bits per heavy atom. The smallest absolute Gasteiger partial charge is 0.389 e. The zero-order valence-electron chi connectivity index (χ0n) is 35.6. The molecular formula is C45H68F6O6. The Balaban J connectivity index is 0.000000893. The molecule has 6 nitrogen and oxygen atoms in total. The molecule has 2 rings (SSSR count). The van der Waals surface area contributed by atoms with E-state index in [-0.39, 0.29) is 54.2 Å². The predicted molar refractivity (Wildman–Crippen MR) is 214 cm³/mol. The van der Waals surface area contributed by atoms with Crippen LogP contribution in [0, 0.1) is 11.8 Å². The highest BCUT2D eigenvalue weighted by Gasteiger charge is 2.31. The Labute approximate surface area is 337 Å². The molecule has 0 heterocycles. The highest BCUT2D eigenvalue weighted by molar-refractivity contribution is 6.25. The van der Waals surface area contributed by atoms with Crippen LogP contribution >= 0.6 is 0 Å². The van der Waals surface area contributed by atoms with Crippen molar-refractivity contribution in [3.05, 3.63) is 45.1 Å². The number of carbonyl (C=O) groups is 5. The van der Waals surface area contributed by atoms with Gasteiger partial charge in [0.1, 0.15) is 0 Å². The van der Waals surface area contributed by atoms with Gasteiger partial charge in [-0.15, -0.1) is 0 Å². The minimum absolute atomic E-state index is 0.0101. The van der Waals surface area contributed by atoms with E-state index >= 15 is 0 Å². The maximum Gasteiger partial charge on any atom is 0.389 e. The zero-order chi connectivity index (χ0) is 43.9. The van der Waals surface area contributed by atoms with Crippen LogP contribution in [-0.4, -0.2) is 46.6 Å². The second-order valence-electron chi connectivity index (χ2n) is 15.9. The first-order valence-electron chi connectivity index (χ1n) is 20.8.